The summed E-state index contributed by atoms with van der Waals surface area (Å²) >= 11 is 1.69. The van der Waals surface area contributed by atoms with Crippen molar-refractivity contribution in [2.24, 2.45) is 105 Å². The van der Waals surface area contributed by atoms with Gasteiger partial charge in [-0.05, 0) is 194 Å². The van der Waals surface area contributed by atoms with E-state index in [-0.39, 0.29) is 57.4 Å². The van der Waals surface area contributed by atoms with Gasteiger partial charge in [0.2, 0.25) is 0 Å². The van der Waals surface area contributed by atoms with Gasteiger partial charge in [-0.25, -0.2) is 0 Å². The zero-order valence-electron chi connectivity index (χ0n) is 39.9. The van der Waals surface area contributed by atoms with Crippen LogP contribution in [0.15, 0.2) is 11.6 Å². The molecular formula is C52H80Mn2O10. The summed E-state index contributed by atoms with van der Waals surface area (Å²) in [4.78, 5) is 12.2. The molecule has 0 amide bonds. The Morgan fingerprint density at radius 1 is 0.641 bits per heavy atom. The van der Waals surface area contributed by atoms with E-state index in [1.807, 2.05) is 0 Å². The Morgan fingerprint density at radius 3 is 1.66 bits per heavy atom. The summed E-state index contributed by atoms with van der Waals surface area (Å²) in [5.74, 6) is 8.81. The Hall–Kier alpha value is -0.0710. The first-order valence-electron chi connectivity index (χ1n) is 25.3. The Bertz CT molecular complexity index is 1840. The molecule has 4 N–H and O–H groups in total. The molecule has 0 spiro atoms. The van der Waals surface area contributed by atoms with Crippen LogP contribution in [0.3, 0.4) is 0 Å². The first-order chi connectivity index (χ1) is 29.9. The number of aliphatic hydroxyl groups is 4. The number of fused-ring (bicyclic) bond motifs is 20. The van der Waals surface area contributed by atoms with Crippen molar-refractivity contribution in [3.63, 3.8) is 0 Å². The van der Waals surface area contributed by atoms with Crippen molar-refractivity contribution < 1.29 is 81.0 Å². The number of rotatable bonds is 10. The molecule has 12 rings (SSSR count). The molecule has 12 aliphatic rings. The van der Waals surface area contributed by atoms with Crippen LogP contribution in [0.5, 0.6) is 0 Å². The van der Waals surface area contributed by atoms with Crippen LogP contribution in [0.1, 0.15) is 137 Å². The standard InChI is InChI=1S/C26H42O5.C26H38O4.2Mn.O/c1-23-8-5-14(27)13-26(23,29)18-11-15(18)21-17(23)6-9-24(2)22(21)16-12-19(16)25(24,28)10-7-20(30-3)31-4;1-24-8-5-14(27)11-19(24)15-12-16(15)22-18(24)6-9-25(2)23(22)17-13-20(17)26(25,28)10-7-21(29-3)30-4;;;/h14-22,27-29H,5-13H2,1-4H3;11,15-18,20-23,28H,5-10,12-13H2,1-4H3;;;/t14-,15-,16+,17?,18+,19-,21?,22?,23+,24-,25-,26+;15-,16+,17-,18?,20+,22?,23?,24-,25+,26+;;;/m01.../s1. The van der Waals surface area contributed by atoms with Crippen molar-refractivity contribution in [3.05, 3.63) is 11.6 Å². The average molecular weight is 975 g/mol. The van der Waals surface area contributed by atoms with Gasteiger partial charge in [0.15, 0.2) is 18.4 Å². The van der Waals surface area contributed by atoms with Crippen LogP contribution in [-0.4, -0.2) is 90.1 Å². The first kappa shape index (κ1) is 48.9. The third-order valence-corrected chi connectivity index (χ3v) is 23.3. The monoisotopic (exact) mass is 974 g/mol. The topological polar surface area (TPSA) is 152 Å². The number of ketones is 1. The van der Waals surface area contributed by atoms with Crippen molar-refractivity contribution in [2.45, 2.75) is 172 Å². The van der Waals surface area contributed by atoms with Gasteiger partial charge >= 0.3 is 19.8 Å². The SMILES string of the molecule is COC(CC[C@]1(O)[C@H]2C[C@H]2C2C3C(CC[C@@]21C)[C@@]1(C)CCC(=O)C=C1[C@@H]1C[C@H]31)OC.COC(CC[C@]1(O)[C@H]2C[C@H]2C2C3C(CC[C@@]21C)[C@@]1(C)CC[C@H](O)C[C@@]1(O)[C@@H]1C[C@H]31)OC.[Mn].[O]=[Mn]. The van der Waals surface area contributed by atoms with Crippen molar-refractivity contribution >= 4 is 5.78 Å². The van der Waals surface area contributed by atoms with Crippen LogP contribution >= 0.6 is 0 Å². The van der Waals surface area contributed by atoms with E-state index >= 15 is 0 Å². The predicted octanol–water partition coefficient (Wildman–Crippen LogP) is 7.58. The minimum atomic E-state index is -0.688. The Balaban J connectivity index is 0.000000154. The fraction of sp³-hybridized carbons (Fsp3) is 0.942. The molecule has 362 valence electrons. The van der Waals surface area contributed by atoms with E-state index in [1.54, 1.807) is 44.4 Å². The van der Waals surface area contributed by atoms with Crippen molar-refractivity contribution in [3.8, 4) is 0 Å². The van der Waals surface area contributed by atoms with Crippen LogP contribution in [0, 0.1) is 105 Å². The average Bonchev–Trinajstić information content (AvgIpc) is 4.07. The van der Waals surface area contributed by atoms with E-state index in [0.717, 1.165) is 88.9 Å². The summed E-state index contributed by atoms with van der Waals surface area (Å²) in [5, 5.41) is 46.6. The summed E-state index contributed by atoms with van der Waals surface area (Å²) in [6, 6.07) is 0. The molecule has 10 nitrogen and oxygen atoms in total. The molecule has 0 heterocycles. The molecule has 0 saturated heterocycles. The zero-order chi connectivity index (χ0) is 45.0. The summed E-state index contributed by atoms with van der Waals surface area (Å²) < 4.78 is 29.8. The van der Waals surface area contributed by atoms with Crippen LogP contribution in [-0.2, 0) is 60.6 Å². The summed E-state index contributed by atoms with van der Waals surface area (Å²) in [7, 11) is 6.75. The van der Waals surface area contributed by atoms with Gasteiger partial charge in [0, 0.05) is 71.2 Å². The number of hydrogen-bond donors (Lipinski definition) is 4. The fourth-order valence-electron chi connectivity index (χ4n) is 20.1. The second kappa shape index (κ2) is 16.5. The normalized spacial score (nSPS) is 55.6. The number of ether oxygens (including phenoxy) is 4. The van der Waals surface area contributed by atoms with Gasteiger partial charge in [0.25, 0.3) is 0 Å². The predicted molar refractivity (Wildman–Crippen MR) is 230 cm³/mol. The van der Waals surface area contributed by atoms with Gasteiger partial charge in [-0.1, -0.05) is 33.3 Å². The van der Waals surface area contributed by atoms with Crippen LogP contribution < -0.4 is 0 Å². The van der Waals surface area contributed by atoms with Crippen LogP contribution in [0.2, 0.25) is 0 Å². The van der Waals surface area contributed by atoms with Gasteiger partial charge in [-0.15, -0.1) is 0 Å². The summed E-state index contributed by atoms with van der Waals surface area (Å²) in [6.45, 7) is 9.64. The molecule has 64 heavy (non-hydrogen) atoms. The molecule has 0 aliphatic heterocycles. The fourth-order valence-corrected chi connectivity index (χ4v) is 20.1. The van der Waals surface area contributed by atoms with Crippen LogP contribution in [0.25, 0.3) is 0 Å². The van der Waals surface area contributed by atoms with Crippen molar-refractivity contribution in [1.29, 1.82) is 0 Å². The third-order valence-electron chi connectivity index (χ3n) is 23.3. The number of hydrogen-bond acceptors (Lipinski definition) is 10. The van der Waals surface area contributed by atoms with Crippen molar-refractivity contribution in [2.75, 3.05) is 28.4 Å². The minimum absolute atomic E-state index is 0. The first-order valence-corrected chi connectivity index (χ1v) is 25.8. The Morgan fingerprint density at radius 2 is 1.12 bits per heavy atom. The number of allylic oxidation sites excluding steroid dienone is 1. The molecule has 12 aliphatic carbocycles. The molecule has 12 heteroatoms. The Labute approximate surface area is 401 Å². The number of aliphatic hydroxyl groups excluding tert-OH is 1. The molecule has 0 aromatic carbocycles. The molecular weight excluding hydrogens is 894 g/mol. The summed E-state index contributed by atoms with van der Waals surface area (Å²) in [6.07, 6.45) is 17.7. The Kier molecular flexibility index (Phi) is 12.6. The molecule has 0 aromatic rings. The molecule has 11 saturated carbocycles. The molecule has 6 unspecified atom stereocenters. The van der Waals surface area contributed by atoms with E-state index in [1.165, 1.54) is 31.3 Å². The van der Waals surface area contributed by atoms with E-state index in [9.17, 15) is 25.2 Å². The van der Waals surface area contributed by atoms with Gasteiger partial charge in [0.05, 0.1) is 22.9 Å². The number of carbonyl (C=O) groups excluding carboxylic acids is 1. The van der Waals surface area contributed by atoms with Gasteiger partial charge in [-0.3, -0.25) is 4.79 Å². The van der Waals surface area contributed by atoms with Crippen LogP contribution in [0.4, 0.5) is 0 Å². The quantitative estimate of drug-likeness (QED) is 0.127. The van der Waals surface area contributed by atoms with E-state index in [2.05, 4.69) is 33.8 Å². The number of carbonyl (C=O) groups is 1. The molecule has 0 bridgehead atoms. The number of methoxy groups -OCH3 is 4. The van der Waals surface area contributed by atoms with E-state index in [4.69, 9.17) is 22.8 Å². The van der Waals surface area contributed by atoms with Crippen molar-refractivity contribution in [1.82, 2.24) is 0 Å². The molecule has 11 fully saturated rings. The maximum atomic E-state index is 12.2. The molecule has 0 aromatic heterocycles. The third kappa shape index (κ3) is 6.51. The van der Waals surface area contributed by atoms with Gasteiger partial charge in [0.1, 0.15) is 0 Å². The molecule has 22 atom stereocenters. The molecule has 1 radical (unpaired) electrons. The van der Waals surface area contributed by atoms with E-state index < -0.39 is 16.8 Å². The van der Waals surface area contributed by atoms with E-state index in [0.29, 0.717) is 83.2 Å². The van der Waals surface area contributed by atoms with Gasteiger partial charge in [-0.2, -0.15) is 0 Å². The zero-order valence-corrected chi connectivity index (χ0v) is 42.3. The summed E-state index contributed by atoms with van der Waals surface area (Å²) in [5.41, 5.74) is -0.261. The maximum absolute atomic E-state index is 12.2. The second-order valence-electron chi connectivity index (χ2n) is 24.8. The van der Waals surface area contributed by atoms with Gasteiger partial charge < -0.3 is 39.4 Å². The second-order valence-corrected chi connectivity index (χ2v) is 24.8.